The molecule has 0 saturated heterocycles. The molecule has 0 N–H and O–H groups in total. The van der Waals surface area contributed by atoms with Crippen molar-refractivity contribution in [3.8, 4) is 0 Å². The smallest absolute Gasteiger partial charge is 0.333 e. The molecule has 2 unspecified atom stereocenters. The second kappa shape index (κ2) is 11.9. The highest BCUT2D eigenvalue weighted by Gasteiger charge is 2.63. The van der Waals surface area contributed by atoms with E-state index in [0.717, 1.165) is 18.9 Å². The molecule has 6 heteroatoms. The molecule has 0 aromatic carbocycles. The third-order valence-electron chi connectivity index (χ3n) is 11.0. The lowest BCUT2D eigenvalue weighted by molar-refractivity contribution is -0.152. The Hall–Kier alpha value is -2.37. The van der Waals surface area contributed by atoms with E-state index in [9.17, 15) is 14.4 Å². The van der Waals surface area contributed by atoms with Gasteiger partial charge in [0.1, 0.15) is 17.8 Å². The zero-order valence-electron chi connectivity index (χ0n) is 26.8. The molecule has 4 rings (SSSR count). The quantitative estimate of drug-likeness (QED) is 0.195. The van der Waals surface area contributed by atoms with E-state index < -0.39 is 5.60 Å². The van der Waals surface area contributed by atoms with Crippen molar-refractivity contribution in [1.29, 1.82) is 0 Å². The van der Waals surface area contributed by atoms with Crippen molar-refractivity contribution in [3.63, 3.8) is 0 Å². The predicted octanol–water partition coefficient (Wildman–Crippen LogP) is 7.77. The lowest BCUT2D eigenvalue weighted by atomic mass is 9.70. The fraction of sp³-hybridized carbons (Fsp3) is 0.735. The molecule has 4 aliphatic carbocycles. The lowest BCUT2D eigenvalue weighted by Crippen LogP contribution is -2.38. The van der Waals surface area contributed by atoms with Gasteiger partial charge >= 0.3 is 17.9 Å². The second-order valence-electron chi connectivity index (χ2n) is 14.8. The largest absolute Gasteiger partial charge is 0.459 e. The van der Waals surface area contributed by atoms with Gasteiger partial charge in [-0.25, -0.2) is 14.4 Å². The van der Waals surface area contributed by atoms with Crippen LogP contribution in [0.4, 0.5) is 0 Å². The highest BCUT2D eigenvalue weighted by molar-refractivity contribution is 5.87. The van der Waals surface area contributed by atoms with Gasteiger partial charge in [0, 0.05) is 28.6 Å². The molecule has 0 amide bonds. The molecule has 4 aliphatic rings. The Balaban J connectivity index is 0.000000220. The van der Waals surface area contributed by atoms with Gasteiger partial charge in [-0.1, -0.05) is 61.3 Å². The van der Waals surface area contributed by atoms with Crippen LogP contribution in [0, 0.1) is 33.5 Å². The Morgan fingerprint density at radius 3 is 1.40 bits per heavy atom. The number of esters is 3. The predicted molar refractivity (Wildman–Crippen MR) is 159 cm³/mol. The van der Waals surface area contributed by atoms with Crippen molar-refractivity contribution in [1.82, 2.24) is 0 Å². The molecule has 6 atom stereocenters. The van der Waals surface area contributed by atoms with E-state index in [-0.39, 0.29) is 40.9 Å². The number of fused-ring (bicyclic) bond motifs is 4. The lowest BCUT2D eigenvalue weighted by Gasteiger charge is -2.38. The van der Waals surface area contributed by atoms with Gasteiger partial charge in [0.15, 0.2) is 0 Å². The minimum absolute atomic E-state index is 0.0884. The Labute approximate surface area is 243 Å². The first-order valence-corrected chi connectivity index (χ1v) is 14.7. The zero-order valence-corrected chi connectivity index (χ0v) is 26.8. The Bertz CT molecular complexity index is 1010. The maximum absolute atomic E-state index is 11.6. The molecule has 0 aromatic heterocycles. The fourth-order valence-corrected chi connectivity index (χ4v) is 7.38. The fourth-order valence-electron chi connectivity index (χ4n) is 7.38. The van der Waals surface area contributed by atoms with Gasteiger partial charge in [-0.15, -0.1) is 0 Å². The maximum atomic E-state index is 11.6. The van der Waals surface area contributed by atoms with Crippen LogP contribution in [0.2, 0.25) is 0 Å². The zero-order chi connectivity index (χ0) is 30.9. The van der Waals surface area contributed by atoms with Gasteiger partial charge in [-0.05, 0) is 88.9 Å². The highest BCUT2D eigenvalue weighted by Crippen LogP contribution is 2.67. The van der Waals surface area contributed by atoms with Crippen molar-refractivity contribution in [3.05, 3.63) is 37.5 Å². The van der Waals surface area contributed by atoms with Crippen LogP contribution in [0.1, 0.15) is 108 Å². The van der Waals surface area contributed by atoms with Crippen molar-refractivity contribution >= 4 is 17.9 Å². The van der Waals surface area contributed by atoms with Crippen LogP contribution in [-0.4, -0.2) is 35.7 Å². The summed E-state index contributed by atoms with van der Waals surface area (Å²) in [6.45, 7) is 31.3. The third-order valence-corrected chi connectivity index (χ3v) is 11.0. The number of hydrogen-bond acceptors (Lipinski definition) is 6. The number of ether oxygens (including phenoxy) is 3. The van der Waals surface area contributed by atoms with Gasteiger partial charge in [0.25, 0.3) is 0 Å². The van der Waals surface area contributed by atoms with Crippen LogP contribution in [0.5, 0.6) is 0 Å². The first-order chi connectivity index (χ1) is 18.2. The topological polar surface area (TPSA) is 78.9 Å². The van der Waals surface area contributed by atoms with Gasteiger partial charge in [0.2, 0.25) is 0 Å². The molecular weight excluding hydrogens is 504 g/mol. The van der Waals surface area contributed by atoms with E-state index in [1.165, 1.54) is 31.8 Å². The van der Waals surface area contributed by atoms with Crippen LogP contribution in [0.3, 0.4) is 0 Å². The molecule has 0 heterocycles. The van der Waals surface area contributed by atoms with E-state index >= 15 is 0 Å². The summed E-state index contributed by atoms with van der Waals surface area (Å²) >= 11 is 0. The molecule has 0 aliphatic heterocycles. The number of carbonyl (C=O) groups is 3. The summed E-state index contributed by atoms with van der Waals surface area (Å²) in [6.07, 6.45) is 9.59. The minimum atomic E-state index is -0.398. The van der Waals surface area contributed by atoms with Crippen LogP contribution >= 0.6 is 0 Å². The first-order valence-electron chi connectivity index (χ1n) is 14.7. The standard InChI is InChI=1S/C14H22O2.C13H20O2.C7H12O2/c1-9(2)12(15)16-11-8-10-6-7-14(11,5)13(10,3)4;1-5-11(14)15-10-8-9-6-7-13(10,4)12(9,2)3;1-5-6(8)9-7(2,3)4/h10-11H,1,6-8H2,2-5H3;5,9-10H,1,6-8H2,2-4H3;5H,1H2,2-4H3/t10-,11?,14-;9-,10?,13-;/m11./s1. The summed E-state index contributed by atoms with van der Waals surface area (Å²) in [6, 6.07) is 0. The van der Waals surface area contributed by atoms with Gasteiger partial charge in [-0.2, -0.15) is 0 Å². The van der Waals surface area contributed by atoms with Crippen LogP contribution in [-0.2, 0) is 28.6 Å². The molecule has 4 fully saturated rings. The third kappa shape index (κ3) is 6.57. The normalized spacial score (nSPS) is 33.9. The van der Waals surface area contributed by atoms with E-state index in [4.69, 9.17) is 14.2 Å². The molecule has 226 valence electrons. The van der Waals surface area contributed by atoms with Gasteiger partial charge in [0.05, 0.1) is 0 Å². The van der Waals surface area contributed by atoms with E-state index in [2.05, 4.69) is 61.3 Å². The molecule has 0 spiro atoms. The Kier molecular flexibility index (Phi) is 10.0. The highest BCUT2D eigenvalue weighted by atomic mass is 16.6. The van der Waals surface area contributed by atoms with E-state index in [1.54, 1.807) is 6.92 Å². The number of carbonyl (C=O) groups excluding carboxylic acids is 3. The van der Waals surface area contributed by atoms with Crippen molar-refractivity contribution < 1.29 is 28.6 Å². The second-order valence-corrected chi connectivity index (χ2v) is 14.8. The molecule has 0 aromatic rings. The summed E-state index contributed by atoms with van der Waals surface area (Å²) in [5, 5.41) is 0. The monoisotopic (exact) mass is 558 g/mol. The maximum Gasteiger partial charge on any atom is 0.333 e. The van der Waals surface area contributed by atoms with E-state index in [1.807, 2.05) is 20.8 Å². The molecule has 0 radical (unpaired) electrons. The van der Waals surface area contributed by atoms with Crippen LogP contribution < -0.4 is 0 Å². The number of hydrogen-bond donors (Lipinski definition) is 0. The average Bonchev–Trinajstić information content (AvgIpc) is 3.35. The van der Waals surface area contributed by atoms with Gasteiger partial charge in [-0.3, -0.25) is 0 Å². The molecule has 4 bridgehead atoms. The summed E-state index contributed by atoms with van der Waals surface area (Å²) in [4.78, 5) is 33.4. The SMILES string of the molecule is C=C(C)C(=O)OC1C[C@H]2CC[C@@]1(C)C2(C)C.C=CC(=O)OC(C)(C)C.C=CC(=O)OC1C[C@H]2CC[C@@]1(C)C2(C)C. The Morgan fingerprint density at radius 2 is 1.15 bits per heavy atom. The summed E-state index contributed by atoms with van der Waals surface area (Å²) in [7, 11) is 0. The van der Waals surface area contributed by atoms with Crippen molar-refractivity contribution in [2.24, 2.45) is 33.5 Å². The van der Waals surface area contributed by atoms with Crippen molar-refractivity contribution in [2.45, 2.75) is 126 Å². The van der Waals surface area contributed by atoms with Crippen LogP contribution in [0.25, 0.3) is 0 Å². The van der Waals surface area contributed by atoms with E-state index in [0.29, 0.717) is 28.2 Å². The minimum Gasteiger partial charge on any atom is -0.459 e. The molecule has 4 saturated carbocycles. The summed E-state index contributed by atoms with van der Waals surface area (Å²) < 4.78 is 15.9. The molecule has 6 nitrogen and oxygen atoms in total. The summed E-state index contributed by atoms with van der Waals surface area (Å²) in [5.41, 5.74) is 1.03. The molecule has 40 heavy (non-hydrogen) atoms. The van der Waals surface area contributed by atoms with Gasteiger partial charge < -0.3 is 14.2 Å². The Morgan fingerprint density at radius 1 is 0.750 bits per heavy atom. The molecular formula is C34H54O6. The van der Waals surface area contributed by atoms with Crippen molar-refractivity contribution in [2.75, 3.05) is 0 Å². The summed E-state index contributed by atoms with van der Waals surface area (Å²) in [5.74, 6) is 0.548. The van der Waals surface area contributed by atoms with Crippen LogP contribution in [0.15, 0.2) is 37.5 Å². The number of rotatable bonds is 5. The first kappa shape index (κ1) is 33.8. The average molecular weight is 559 g/mol.